The van der Waals surface area contributed by atoms with Crippen LogP contribution in [0.3, 0.4) is 0 Å². The molecule has 0 fully saturated rings. The zero-order valence-corrected chi connectivity index (χ0v) is 10.9. The summed E-state index contributed by atoms with van der Waals surface area (Å²) in [6.07, 6.45) is -6.04. The third-order valence-electron chi connectivity index (χ3n) is 3.18. The summed E-state index contributed by atoms with van der Waals surface area (Å²) in [4.78, 5) is 0. The van der Waals surface area contributed by atoms with Crippen LogP contribution in [0.15, 0.2) is 18.2 Å². The van der Waals surface area contributed by atoms with Gasteiger partial charge in [0.25, 0.3) is 0 Å². The van der Waals surface area contributed by atoms with Crippen LogP contribution in [0, 0.1) is 0 Å². The number of aliphatic hydroxyl groups excluding tert-OH is 1. The average Bonchev–Trinajstić information content (AvgIpc) is 2.58. The molecular weight excluding hydrogens is 257 g/mol. The van der Waals surface area contributed by atoms with Crippen molar-refractivity contribution in [2.75, 3.05) is 0 Å². The Kier molecular flexibility index (Phi) is 3.51. The maximum Gasteiger partial charge on any atom is 0.389 e. The third-order valence-corrected chi connectivity index (χ3v) is 3.18. The lowest BCUT2D eigenvalue weighted by Crippen LogP contribution is -2.25. The van der Waals surface area contributed by atoms with Crippen molar-refractivity contribution in [1.29, 1.82) is 0 Å². The first-order chi connectivity index (χ1) is 8.68. The maximum absolute atomic E-state index is 12.2. The molecule has 0 aliphatic carbocycles. The normalized spacial score (nSPS) is 18.8. The first-order valence-corrected chi connectivity index (χ1v) is 6.23. The van der Waals surface area contributed by atoms with Gasteiger partial charge in [0.15, 0.2) is 0 Å². The molecule has 1 aliphatic rings. The molecule has 1 atom stereocenters. The van der Waals surface area contributed by atoms with E-state index in [2.05, 4.69) is 0 Å². The molecule has 1 aromatic rings. The lowest BCUT2D eigenvalue weighted by atomic mass is 9.97. The van der Waals surface area contributed by atoms with Crippen LogP contribution in [0.5, 0.6) is 5.75 Å². The van der Waals surface area contributed by atoms with Gasteiger partial charge in [-0.1, -0.05) is 18.2 Å². The van der Waals surface area contributed by atoms with Crippen molar-refractivity contribution in [2.24, 2.45) is 0 Å². The monoisotopic (exact) mass is 274 g/mol. The number of aliphatic hydroxyl groups is 1. The molecule has 5 heteroatoms. The van der Waals surface area contributed by atoms with Crippen LogP contribution in [-0.2, 0) is 6.42 Å². The molecule has 1 unspecified atom stereocenters. The Balaban J connectivity index is 2.16. The van der Waals surface area contributed by atoms with Gasteiger partial charge in [0.1, 0.15) is 11.4 Å². The predicted molar refractivity (Wildman–Crippen MR) is 65.1 cm³/mol. The standard InChI is InChI=1S/C14H17F3O2/c1-13(2)8-9-4-3-5-10(12(9)19-13)11(18)6-7-14(15,16)17/h3-5,11,18H,6-8H2,1-2H3. The fourth-order valence-electron chi connectivity index (χ4n) is 2.36. The van der Waals surface area contributed by atoms with Gasteiger partial charge in [0.05, 0.1) is 6.10 Å². The number of ether oxygens (including phenoxy) is 1. The van der Waals surface area contributed by atoms with Gasteiger partial charge in [-0.25, -0.2) is 0 Å². The molecular formula is C14H17F3O2. The second kappa shape index (κ2) is 4.71. The highest BCUT2D eigenvalue weighted by Crippen LogP contribution is 2.41. The Labute approximate surface area is 110 Å². The lowest BCUT2D eigenvalue weighted by Gasteiger charge is -2.20. The Morgan fingerprint density at radius 3 is 2.68 bits per heavy atom. The van der Waals surface area contributed by atoms with Gasteiger partial charge in [-0.05, 0) is 25.8 Å². The van der Waals surface area contributed by atoms with E-state index in [1.165, 1.54) is 0 Å². The molecule has 1 N–H and O–H groups in total. The van der Waals surface area contributed by atoms with E-state index in [-0.39, 0.29) is 12.0 Å². The van der Waals surface area contributed by atoms with E-state index in [0.717, 1.165) is 5.56 Å². The number of hydrogen-bond donors (Lipinski definition) is 1. The van der Waals surface area contributed by atoms with Gasteiger partial charge in [-0.15, -0.1) is 0 Å². The van der Waals surface area contributed by atoms with Gasteiger partial charge >= 0.3 is 6.18 Å². The Morgan fingerprint density at radius 2 is 2.05 bits per heavy atom. The quantitative estimate of drug-likeness (QED) is 0.909. The third kappa shape index (κ3) is 3.41. The highest BCUT2D eigenvalue weighted by molar-refractivity contribution is 5.46. The van der Waals surface area contributed by atoms with E-state index in [4.69, 9.17) is 4.74 Å². The van der Waals surface area contributed by atoms with Crippen molar-refractivity contribution >= 4 is 0 Å². The number of para-hydroxylation sites is 1. The Bertz CT molecular complexity index is 466. The van der Waals surface area contributed by atoms with Crippen LogP contribution >= 0.6 is 0 Å². The molecule has 1 aromatic carbocycles. The summed E-state index contributed by atoms with van der Waals surface area (Å²) in [5, 5.41) is 9.94. The van der Waals surface area contributed by atoms with Crippen molar-refractivity contribution < 1.29 is 23.0 Å². The number of halogens is 3. The molecule has 0 spiro atoms. The molecule has 0 aromatic heterocycles. The molecule has 2 nitrogen and oxygen atoms in total. The minimum absolute atomic E-state index is 0.344. The SMILES string of the molecule is CC1(C)Cc2cccc(C(O)CCC(F)(F)F)c2O1. The summed E-state index contributed by atoms with van der Waals surface area (Å²) in [6, 6.07) is 5.25. The number of alkyl halides is 3. The molecule has 19 heavy (non-hydrogen) atoms. The van der Waals surface area contributed by atoms with Gasteiger partial charge in [-0.2, -0.15) is 13.2 Å². The largest absolute Gasteiger partial charge is 0.487 e. The van der Waals surface area contributed by atoms with Gasteiger partial charge in [-0.3, -0.25) is 0 Å². The minimum atomic E-state index is -4.25. The molecule has 106 valence electrons. The summed E-state index contributed by atoms with van der Waals surface area (Å²) in [5.41, 5.74) is 1.02. The molecule has 1 heterocycles. The Morgan fingerprint density at radius 1 is 1.37 bits per heavy atom. The summed E-state index contributed by atoms with van der Waals surface area (Å²) >= 11 is 0. The second-order valence-corrected chi connectivity index (χ2v) is 5.54. The van der Waals surface area contributed by atoms with Crippen molar-refractivity contribution in [2.45, 2.75) is 51.0 Å². The van der Waals surface area contributed by atoms with Crippen molar-refractivity contribution in [3.8, 4) is 5.75 Å². The number of benzene rings is 1. The molecule has 0 radical (unpaired) electrons. The van der Waals surface area contributed by atoms with Crippen molar-refractivity contribution in [3.05, 3.63) is 29.3 Å². The number of rotatable bonds is 3. The van der Waals surface area contributed by atoms with E-state index < -0.39 is 18.7 Å². The summed E-state index contributed by atoms with van der Waals surface area (Å²) in [6.45, 7) is 3.83. The molecule has 0 amide bonds. The van der Waals surface area contributed by atoms with Crippen LogP contribution in [0.4, 0.5) is 13.2 Å². The first kappa shape index (κ1) is 14.2. The highest BCUT2D eigenvalue weighted by Gasteiger charge is 2.34. The van der Waals surface area contributed by atoms with Crippen molar-refractivity contribution in [3.63, 3.8) is 0 Å². The zero-order chi connectivity index (χ0) is 14.3. The summed E-state index contributed by atoms with van der Waals surface area (Å²) in [5.74, 6) is 0.544. The molecule has 0 saturated carbocycles. The average molecular weight is 274 g/mol. The zero-order valence-electron chi connectivity index (χ0n) is 10.9. The van der Waals surface area contributed by atoms with Crippen LogP contribution in [-0.4, -0.2) is 16.9 Å². The predicted octanol–water partition coefficient (Wildman–Crippen LogP) is 3.78. The van der Waals surface area contributed by atoms with Crippen LogP contribution in [0.1, 0.15) is 43.9 Å². The lowest BCUT2D eigenvalue weighted by molar-refractivity contribution is -0.140. The molecule has 0 saturated heterocycles. The molecule has 2 rings (SSSR count). The Hall–Kier alpha value is -1.23. The van der Waals surface area contributed by atoms with Crippen LogP contribution < -0.4 is 4.74 Å². The van der Waals surface area contributed by atoms with E-state index in [0.29, 0.717) is 17.7 Å². The van der Waals surface area contributed by atoms with Crippen LogP contribution in [0.25, 0.3) is 0 Å². The van der Waals surface area contributed by atoms with E-state index in [1.54, 1.807) is 12.1 Å². The smallest absolute Gasteiger partial charge is 0.389 e. The van der Waals surface area contributed by atoms with Crippen LogP contribution in [0.2, 0.25) is 0 Å². The van der Waals surface area contributed by atoms with Gasteiger partial charge < -0.3 is 9.84 Å². The van der Waals surface area contributed by atoms with E-state index >= 15 is 0 Å². The fraction of sp³-hybridized carbons (Fsp3) is 0.571. The topological polar surface area (TPSA) is 29.5 Å². The number of hydrogen-bond acceptors (Lipinski definition) is 2. The first-order valence-electron chi connectivity index (χ1n) is 6.23. The molecule has 1 aliphatic heterocycles. The minimum Gasteiger partial charge on any atom is -0.487 e. The fourth-order valence-corrected chi connectivity index (χ4v) is 2.36. The second-order valence-electron chi connectivity index (χ2n) is 5.54. The van der Waals surface area contributed by atoms with Crippen molar-refractivity contribution in [1.82, 2.24) is 0 Å². The maximum atomic E-state index is 12.2. The number of fused-ring (bicyclic) bond motifs is 1. The van der Waals surface area contributed by atoms with E-state index in [1.807, 2.05) is 19.9 Å². The van der Waals surface area contributed by atoms with Gasteiger partial charge in [0, 0.05) is 18.4 Å². The summed E-state index contributed by atoms with van der Waals surface area (Å²) in [7, 11) is 0. The van der Waals surface area contributed by atoms with E-state index in [9.17, 15) is 18.3 Å². The van der Waals surface area contributed by atoms with Gasteiger partial charge in [0.2, 0.25) is 0 Å². The summed E-state index contributed by atoms with van der Waals surface area (Å²) < 4.78 is 42.3. The molecule has 0 bridgehead atoms. The highest BCUT2D eigenvalue weighted by atomic mass is 19.4.